The first-order valence-electron chi connectivity index (χ1n) is 10.4. The van der Waals surface area contributed by atoms with Crippen molar-refractivity contribution in [2.75, 3.05) is 26.8 Å². The van der Waals surface area contributed by atoms with Crippen LogP contribution in [0.1, 0.15) is 43.4 Å². The molecule has 2 aromatic rings. The van der Waals surface area contributed by atoms with Gasteiger partial charge in [0.15, 0.2) is 0 Å². The number of hydrogen-bond acceptors (Lipinski definition) is 3. The average molecular weight is 384 g/mol. The molecule has 0 radical (unpaired) electrons. The van der Waals surface area contributed by atoms with Gasteiger partial charge in [0, 0.05) is 38.1 Å². The van der Waals surface area contributed by atoms with E-state index in [0.29, 0.717) is 32.3 Å². The number of aromatic nitrogens is 1. The summed E-state index contributed by atoms with van der Waals surface area (Å²) in [5, 5.41) is 3.22. The molecule has 0 bridgehead atoms. The van der Waals surface area contributed by atoms with Crippen LogP contribution in [0.3, 0.4) is 0 Å². The zero-order valence-corrected chi connectivity index (χ0v) is 17.0. The molecule has 0 aliphatic heterocycles. The van der Waals surface area contributed by atoms with Crippen LogP contribution < -0.4 is 5.32 Å². The molecule has 1 fully saturated rings. The minimum Gasteiger partial charge on any atom is -0.383 e. The number of amides is 1. The van der Waals surface area contributed by atoms with E-state index < -0.39 is 0 Å². The molecular weight excluding hydrogens is 350 g/mol. The molecule has 1 aromatic heterocycles. The van der Waals surface area contributed by atoms with Gasteiger partial charge >= 0.3 is 0 Å². The number of ether oxygens (including phenoxy) is 1. The first kappa shape index (κ1) is 20.6. The summed E-state index contributed by atoms with van der Waals surface area (Å²) in [4.78, 5) is 15.1. The molecule has 152 valence electrons. The van der Waals surface area contributed by atoms with Gasteiger partial charge in [0.2, 0.25) is 5.91 Å². The van der Waals surface area contributed by atoms with Crippen LogP contribution in [0.15, 0.2) is 48.7 Å². The summed E-state index contributed by atoms with van der Waals surface area (Å²) in [6.07, 6.45) is 8.07. The maximum atomic E-state index is 13.0. The van der Waals surface area contributed by atoms with E-state index in [1.54, 1.807) is 7.11 Å². The van der Waals surface area contributed by atoms with Crippen LogP contribution in [0.25, 0.3) is 0 Å². The second kappa shape index (κ2) is 11.0. The summed E-state index contributed by atoms with van der Waals surface area (Å²) in [6.45, 7) is 3.21. The zero-order chi connectivity index (χ0) is 19.6. The lowest BCUT2D eigenvalue weighted by molar-refractivity contribution is -0.134. The summed E-state index contributed by atoms with van der Waals surface area (Å²) in [5.41, 5.74) is 2.47. The van der Waals surface area contributed by atoms with E-state index in [9.17, 15) is 4.79 Å². The van der Waals surface area contributed by atoms with Gasteiger partial charge in [-0.05, 0) is 30.5 Å². The van der Waals surface area contributed by atoms with Gasteiger partial charge in [0.25, 0.3) is 0 Å². The Morgan fingerprint density at radius 3 is 2.68 bits per heavy atom. The van der Waals surface area contributed by atoms with Crippen molar-refractivity contribution in [2.24, 2.45) is 0 Å². The number of carbonyl (C=O) groups excluding carboxylic acids is 1. The largest absolute Gasteiger partial charge is 0.383 e. The maximum Gasteiger partial charge on any atom is 0.237 e. The fourth-order valence-corrected chi connectivity index (χ4v) is 3.99. The van der Waals surface area contributed by atoms with Crippen LogP contribution in [-0.2, 0) is 22.6 Å². The molecule has 5 nitrogen and oxygen atoms in total. The molecular formula is C23H33N3O2. The molecule has 1 heterocycles. The minimum atomic E-state index is 0.190. The molecule has 1 N–H and O–H groups in total. The van der Waals surface area contributed by atoms with Crippen LogP contribution in [0, 0.1) is 0 Å². The van der Waals surface area contributed by atoms with Crippen molar-refractivity contribution in [3.8, 4) is 0 Å². The average Bonchev–Trinajstić information content (AvgIpc) is 3.17. The van der Waals surface area contributed by atoms with E-state index in [1.165, 1.54) is 30.5 Å². The van der Waals surface area contributed by atoms with E-state index >= 15 is 0 Å². The Balaban J connectivity index is 1.68. The summed E-state index contributed by atoms with van der Waals surface area (Å²) < 4.78 is 7.33. The lowest BCUT2D eigenvalue weighted by Gasteiger charge is -2.35. The first-order chi connectivity index (χ1) is 13.8. The van der Waals surface area contributed by atoms with Crippen LogP contribution >= 0.6 is 0 Å². The fourth-order valence-electron chi connectivity index (χ4n) is 3.99. The van der Waals surface area contributed by atoms with Crippen molar-refractivity contribution in [2.45, 2.75) is 51.2 Å². The number of nitrogens with one attached hydrogen (secondary N) is 1. The topological polar surface area (TPSA) is 46.5 Å². The van der Waals surface area contributed by atoms with E-state index in [0.717, 1.165) is 19.4 Å². The van der Waals surface area contributed by atoms with Gasteiger partial charge in [-0.2, -0.15) is 0 Å². The number of methoxy groups -OCH3 is 1. The molecule has 1 aliphatic rings. The molecule has 0 spiro atoms. The Bertz CT molecular complexity index is 708. The van der Waals surface area contributed by atoms with Gasteiger partial charge in [-0.25, -0.2) is 0 Å². The molecule has 3 rings (SSSR count). The van der Waals surface area contributed by atoms with E-state index in [4.69, 9.17) is 4.74 Å². The lowest BCUT2D eigenvalue weighted by Crippen LogP contribution is -2.45. The molecule has 1 aromatic carbocycles. The standard InChI is InChI=1S/C23H33N3O2/c1-28-16-14-24-17-23(27)26(21-11-6-3-7-12-21)19-22-13-8-15-25(22)18-20-9-4-2-5-10-20/h2,4-5,8-10,13,15,21,24H,3,6-7,11-12,14,16-19H2,1H3. The Morgan fingerprint density at radius 2 is 1.93 bits per heavy atom. The number of carbonyl (C=O) groups is 1. The van der Waals surface area contributed by atoms with Crippen molar-refractivity contribution < 1.29 is 9.53 Å². The second-order valence-electron chi connectivity index (χ2n) is 7.60. The highest BCUT2D eigenvalue weighted by atomic mass is 16.5. The molecule has 0 atom stereocenters. The quantitative estimate of drug-likeness (QED) is 0.640. The molecule has 28 heavy (non-hydrogen) atoms. The van der Waals surface area contributed by atoms with Gasteiger partial charge in [-0.15, -0.1) is 0 Å². The third kappa shape index (κ3) is 5.94. The molecule has 1 amide bonds. The summed E-state index contributed by atoms with van der Waals surface area (Å²) >= 11 is 0. The van der Waals surface area contributed by atoms with Crippen molar-refractivity contribution in [3.63, 3.8) is 0 Å². The molecule has 1 saturated carbocycles. The number of hydrogen-bond donors (Lipinski definition) is 1. The number of rotatable bonds is 10. The van der Waals surface area contributed by atoms with Gasteiger partial charge in [0.1, 0.15) is 0 Å². The van der Waals surface area contributed by atoms with Gasteiger partial charge in [-0.3, -0.25) is 4.79 Å². The summed E-state index contributed by atoms with van der Waals surface area (Å²) in [6, 6.07) is 15.1. The predicted molar refractivity (Wildman–Crippen MR) is 112 cm³/mol. The molecule has 1 aliphatic carbocycles. The monoisotopic (exact) mass is 383 g/mol. The van der Waals surface area contributed by atoms with Gasteiger partial charge < -0.3 is 19.5 Å². The van der Waals surface area contributed by atoms with Gasteiger partial charge in [-0.1, -0.05) is 49.6 Å². The molecule has 0 unspecified atom stereocenters. The third-order valence-electron chi connectivity index (χ3n) is 5.55. The van der Waals surface area contributed by atoms with Crippen LogP contribution in [0.5, 0.6) is 0 Å². The smallest absolute Gasteiger partial charge is 0.237 e. The first-order valence-corrected chi connectivity index (χ1v) is 10.4. The molecule has 0 saturated heterocycles. The van der Waals surface area contributed by atoms with Crippen LogP contribution in [0.2, 0.25) is 0 Å². The number of benzene rings is 1. The Morgan fingerprint density at radius 1 is 1.14 bits per heavy atom. The minimum absolute atomic E-state index is 0.190. The van der Waals surface area contributed by atoms with E-state index in [-0.39, 0.29) is 5.91 Å². The fraction of sp³-hybridized carbons (Fsp3) is 0.522. The van der Waals surface area contributed by atoms with Crippen molar-refractivity contribution in [3.05, 3.63) is 59.9 Å². The highest BCUT2D eigenvalue weighted by molar-refractivity contribution is 5.78. The zero-order valence-electron chi connectivity index (χ0n) is 17.0. The van der Waals surface area contributed by atoms with Crippen LogP contribution in [0.4, 0.5) is 0 Å². The van der Waals surface area contributed by atoms with Crippen LogP contribution in [-0.4, -0.2) is 48.2 Å². The normalized spacial score (nSPS) is 14.9. The van der Waals surface area contributed by atoms with E-state index in [2.05, 4.69) is 57.4 Å². The Hall–Kier alpha value is -2.11. The summed E-state index contributed by atoms with van der Waals surface area (Å²) in [7, 11) is 1.68. The Kier molecular flexibility index (Phi) is 8.12. The SMILES string of the molecule is COCCNCC(=O)N(Cc1cccn1Cc1ccccc1)C1CCCCC1. The van der Waals surface area contributed by atoms with Crippen molar-refractivity contribution in [1.82, 2.24) is 14.8 Å². The Labute approximate surface area is 168 Å². The second-order valence-corrected chi connectivity index (χ2v) is 7.60. The highest BCUT2D eigenvalue weighted by Gasteiger charge is 2.26. The van der Waals surface area contributed by atoms with Gasteiger partial charge in [0.05, 0.1) is 19.7 Å². The van der Waals surface area contributed by atoms with E-state index in [1.807, 2.05) is 6.07 Å². The number of nitrogens with zero attached hydrogens (tertiary/aromatic N) is 2. The highest BCUT2D eigenvalue weighted by Crippen LogP contribution is 2.24. The van der Waals surface area contributed by atoms with Crippen molar-refractivity contribution in [1.29, 1.82) is 0 Å². The molecule has 5 heteroatoms. The maximum absolute atomic E-state index is 13.0. The third-order valence-corrected chi connectivity index (χ3v) is 5.55. The van der Waals surface area contributed by atoms with Crippen molar-refractivity contribution >= 4 is 5.91 Å². The predicted octanol–water partition coefficient (Wildman–Crippen LogP) is 3.43. The lowest BCUT2D eigenvalue weighted by atomic mass is 9.94. The summed E-state index contributed by atoms with van der Waals surface area (Å²) in [5.74, 6) is 0.190.